The second kappa shape index (κ2) is 3.01. The zero-order valence-electron chi connectivity index (χ0n) is 5.76. The highest BCUT2D eigenvalue weighted by atomic mass is 79.9. The molecule has 0 saturated carbocycles. The van der Waals surface area contributed by atoms with E-state index in [4.69, 9.17) is 5.73 Å². The van der Waals surface area contributed by atoms with Crippen molar-refractivity contribution in [3.63, 3.8) is 0 Å². The molecule has 10 heavy (non-hydrogen) atoms. The predicted octanol–water partition coefficient (Wildman–Crippen LogP) is 1.87. The molecule has 54 valence electrons. The van der Waals surface area contributed by atoms with Crippen LogP contribution in [-0.4, -0.2) is 4.98 Å². The molecule has 1 heterocycles. The van der Waals surface area contributed by atoms with Crippen molar-refractivity contribution in [1.29, 1.82) is 0 Å². The minimum Gasteiger partial charge on any atom is -0.397 e. The van der Waals surface area contributed by atoms with E-state index in [1.807, 2.05) is 19.1 Å². The summed E-state index contributed by atoms with van der Waals surface area (Å²) in [6, 6.07) is 3.79. The van der Waals surface area contributed by atoms with Crippen LogP contribution < -0.4 is 5.73 Å². The van der Waals surface area contributed by atoms with E-state index < -0.39 is 0 Å². The van der Waals surface area contributed by atoms with Gasteiger partial charge in [-0.1, -0.05) is 15.9 Å². The van der Waals surface area contributed by atoms with Crippen molar-refractivity contribution < 1.29 is 0 Å². The molecule has 0 unspecified atom stereocenters. The molecule has 0 fully saturated rings. The van der Waals surface area contributed by atoms with Crippen LogP contribution in [0, 0.1) is 6.92 Å². The van der Waals surface area contributed by atoms with Crippen LogP contribution in [0.3, 0.4) is 0 Å². The van der Waals surface area contributed by atoms with Gasteiger partial charge in [-0.05, 0) is 19.1 Å². The molecular weight excluding hydrogens is 192 g/mol. The molecule has 0 bridgehead atoms. The summed E-state index contributed by atoms with van der Waals surface area (Å²) in [6.07, 6.45) is 0. The van der Waals surface area contributed by atoms with E-state index in [2.05, 4.69) is 20.9 Å². The second-order valence-electron chi connectivity index (χ2n) is 2.11. The smallest absolute Gasteiger partial charge is 0.0605 e. The van der Waals surface area contributed by atoms with Crippen molar-refractivity contribution >= 4 is 21.6 Å². The molecule has 0 radical (unpaired) electrons. The second-order valence-corrected chi connectivity index (χ2v) is 2.67. The van der Waals surface area contributed by atoms with Gasteiger partial charge in [-0.3, -0.25) is 4.98 Å². The van der Waals surface area contributed by atoms with E-state index in [-0.39, 0.29) is 0 Å². The Kier molecular flexibility index (Phi) is 2.27. The molecule has 0 aliphatic carbocycles. The number of pyridine rings is 1. The summed E-state index contributed by atoms with van der Waals surface area (Å²) in [4.78, 5) is 4.22. The van der Waals surface area contributed by atoms with Crippen LogP contribution in [0.1, 0.15) is 11.4 Å². The summed E-state index contributed by atoms with van der Waals surface area (Å²) >= 11 is 3.31. The molecule has 0 atom stereocenters. The first kappa shape index (κ1) is 7.54. The van der Waals surface area contributed by atoms with E-state index in [1.54, 1.807) is 0 Å². The lowest BCUT2D eigenvalue weighted by Gasteiger charge is -1.99. The number of hydrogen-bond donors (Lipinski definition) is 1. The highest BCUT2D eigenvalue weighted by Gasteiger charge is 1.95. The number of hydrogen-bond acceptors (Lipinski definition) is 2. The molecule has 1 aromatic rings. The fourth-order valence-corrected chi connectivity index (χ4v) is 1.01. The van der Waals surface area contributed by atoms with Crippen molar-refractivity contribution in [1.82, 2.24) is 4.98 Å². The van der Waals surface area contributed by atoms with E-state index in [0.29, 0.717) is 0 Å². The van der Waals surface area contributed by atoms with Crippen molar-refractivity contribution in [2.75, 3.05) is 5.73 Å². The van der Waals surface area contributed by atoms with Gasteiger partial charge in [0.05, 0.1) is 17.1 Å². The van der Waals surface area contributed by atoms with E-state index >= 15 is 0 Å². The fourth-order valence-electron chi connectivity index (χ4n) is 0.698. The number of alkyl halides is 1. The van der Waals surface area contributed by atoms with Gasteiger partial charge in [0.1, 0.15) is 0 Å². The summed E-state index contributed by atoms with van der Waals surface area (Å²) < 4.78 is 0. The van der Waals surface area contributed by atoms with Gasteiger partial charge in [0.2, 0.25) is 0 Å². The van der Waals surface area contributed by atoms with Crippen molar-refractivity contribution in [2.24, 2.45) is 0 Å². The van der Waals surface area contributed by atoms with Crippen molar-refractivity contribution in [3.05, 3.63) is 23.5 Å². The monoisotopic (exact) mass is 200 g/mol. The maximum absolute atomic E-state index is 5.57. The summed E-state index contributed by atoms with van der Waals surface area (Å²) in [7, 11) is 0. The maximum atomic E-state index is 5.57. The number of halogens is 1. The molecule has 0 saturated heterocycles. The Labute approximate surface area is 68.6 Å². The first-order valence-electron chi connectivity index (χ1n) is 3.02. The Morgan fingerprint density at radius 3 is 2.80 bits per heavy atom. The van der Waals surface area contributed by atoms with Crippen LogP contribution in [0.5, 0.6) is 0 Å². The third-order valence-corrected chi connectivity index (χ3v) is 1.90. The summed E-state index contributed by atoms with van der Waals surface area (Å²) in [6.45, 7) is 1.90. The summed E-state index contributed by atoms with van der Waals surface area (Å²) in [5.41, 5.74) is 8.24. The van der Waals surface area contributed by atoms with Crippen LogP contribution in [0.25, 0.3) is 0 Å². The summed E-state index contributed by atoms with van der Waals surface area (Å²) in [5, 5.41) is 0.786. The lowest BCUT2D eigenvalue weighted by molar-refractivity contribution is 1.12. The third kappa shape index (κ3) is 1.48. The molecule has 0 aromatic carbocycles. The van der Waals surface area contributed by atoms with Crippen LogP contribution in [0.4, 0.5) is 5.69 Å². The van der Waals surface area contributed by atoms with Gasteiger partial charge in [-0.25, -0.2) is 0 Å². The quantitative estimate of drug-likeness (QED) is 0.704. The van der Waals surface area contributed by atoms with Gasteiger partial charge in [-0.15, -0.1) is 0 Å². The van der Waals surface area contributed by atoms with E-state index in [9.17, 15) is 0 Å². The minimum atomic E-state index is 0.754. The number of nitrogen functional groups attached to an aromatic ring is 1. The highest BCUT2D eigenvalue weighted by molar-refractivity contribution is 9.08. The minimum absolute atomic E-state index is 0.754. The van der Waals surface area contributed by atoms with Crippen LogP contribution >= 0.6 is 15.9 Å². The standard InChI is InChI=1S/C7H9BrN2/c1-5-7(9)3-2-6(4-8)10-5/h2-3H,4,9H2,1H3. The highest BCUT2D eigenvalue weighted by Crippen LogP contribution is 2.09. The number of nitrogens with zero attached hydrogens (tertiary/aromatic N) is 1. The molecule has 1 rings (SSSR count). The topological polar surface area (TPSA) is 38.9 Å². The van der Waals surface area contributed by atoms with Crippen LogP contribution in [0.2, 0.25) is 0 Å². The van der Waals surface area contributed by atoms with Gasteiger partial charge in [0, 0.05) is 5.33 Å². The average molecular weight is 201 g/mol. The van der Waals surface area contributed by atoms with Gasteiger partial charge in [0.15, 0.2) is 0 Å². The Hall–Kier alpha value is -0.570. The molecule has 0 aliphatic rings. The van der Waals surface area contributed by atoms with Gasteiger partial charge >= 0.3 is 0 Å². The SMILES string of the molecule is Cc1nc(CBr)ccc1N. The van der Waals surface area contributed by atoms with E-state index in [1.165, 1.54) is 0 Å². The zero-order valence-corrected chi connectivity index (χ0v) is 7.35. The zero-order chi connectivity index (χ0) is 7.56. The Morgan fingerprint density at radius 1 is 1.60 bits per heavy atom. The van der Waals surface area contributed by atoms with Gasteiger partial charge < -0.3 is 5.73 Å². The molecular formula is C7H9BrN2. The molecule has 2 N–H and O–H groups in total. The fraction of sp³-hybridized carbons (Fsp3) is 0.286. The lowest BCUT2D eigenvalue weighted by Crippen LogP contribution is -1.94. The predicted molar refractivity (Wildman–Crippen MR) is 46.0 cm³/mol. The Balaban J connectivity index is 3.04. The van der Waals surface area contributed by atoms with Crippen LogP contribution in [-0.2, 0) is 5.33 Å². The number of aromatic nitrogens is 1. The molecule has 0 aliphatic heterocycles. The van der Waals surface area contributed by atoms with E-state index in [0.717, 1.165) is 22.4 Å². The molecule has 1 aromatic heterocycles. The van der Waals surface area contributed by atoms with Crippen molar-refractivity contribution in [3.8, 4) is 0 Å². The molecule has 3 heteroatoms. The maximum Gasteiger partial charge on any atom is 0.0605 e. The van der Waals surface area contributed by atoms with Gasteiger partial charge in [-0.2, -0.15) is 0 Å². The number of rotatable bonds is 1. The van der Waals surface area contributed by atoms with Crippen LogP contribution in [0.15, 0.2) is 12.1 Å². The first-order valence-corrected chi connectivity index (χ1v) is 4.14. The molecule has 0 amide bonds. The normalized spacial score (nSPS) is 9.80. The third-order valence-electron chi connectivity index (χ3n) is 1.32. The first-order chi connectivity index (χ1) is 4.74. The molecule has 0 spiro atoms. The summed E-state index contributed by atoms with van der Waals surface area (Å²) in [5.74, 6) is 0. The Morgan fingerprint density at radius 2 is 2.30 bits per heavy atom. The Bertz CT molecular complexity index is 235. The van der Waals surface area contributed by atoms with Gasteiger partial charge in [0.25, 0.3) is 0 Å². The number of nitrogens with two attached hydrogens (primary N) is 1. The molecule has 2 nitrogen and oxygen atoms in total. The number of anilines is 1. The lowest BCUT2D eigenvalue weighted by atomic mass is 10.3. The number of aryl methyl sites for hydroxylation is 1. The average Bonchev–Trinajstić information content (AvgIpc) is 1.95. The van der Waals surface area contributed by atoms with Crippen molar-refractivity contribution in [2.45, 2.75) is 12.3 Å². The largest absolute Gasteiger partial charge is 0.397 e.